The fourth-order valence-electron chi connectivity index (χ4n) is 2.79. The van der Waals surface area contributed by atoms with Crippen molar-refractivity contribution in [2.75, 3.05) is 18.4 Å². The van der Waals surface area contributed by atoms with Gasteiger partial charge in [0.15, 0.2) is 6.29 Å². The Balaban J connectivity index is 2.18. The van der Waals surface area contributed by atoms with E-state index in [-0.39, 0.29) is 11.8 Å². The molecule has 0 saturated carbocycles. The topological polar surface area (TPSA) is 129 Å². The normalized spacial score (nSPS) is 51.1. The number of rotatable bonds is 5. The quantitative estimate of drug-likeness (QED) is 0.362. The third kappa shape index (κ3) is 3.48. The van der Waals surface area contributed by atoms with Gasteiger partial charge in [-0.25, -0.2) is 0 Å². The highest BCUT2D eigenvalue weighted by atomic mass is 35.5. The molecule has 9 atom stereocenters. The molecule has 0 aromatic rings. The summed E-state index contributed by atoms with van der Waals surface area (Å²) < 4.78 is 16.4. The van der Waals surface area contributed by atoms with Crippen LogP contribution in [0.15, 0.2) is 0 Å². The van der Waals surface area contributed by atoms with Gasteiger partial charge >= 0.3 is 0 Å². The zero-order chi connectivity index (χ0) is 17.4. The van der Waals surface area contributed by atoms with Gasteiger partial charge in [0.25, 0.3) is 0 Å². The number of aliphatic hydroxyl groups excluding tert-OH is 5. The molecule has 0 amide bonds. The average Bonchev–Trinajstić information content (AvgIpc) is 2.80. The van der Waals surface area contributed by atoms with E-state index < -0.39 is 61.2 Å². The molecule has 2 aliphatic heterocycles. The molecule has 10 heteroatoms. The first-order valence-electron chi connectivity index (χ1n) is 7.27. The minimum absolute atomic E-state index is 0.104. The summed E-state index contributed by atoms with van der Waals surface area (Å²) in [5.74, 6) is -2.86. The van der Waals surface area contributed by atoms with Crippen LogP contribution in [0.3, 0.4) is 0 Å². The average molecular weight is 377 g/mol. The van der Waals surface area contributed by atoms with Crippen molar-refractivity contribution in [1.82, 2.24) is 0 Å². The summed E-state index contributed by atoms with van der Waals surface area (Å²) in [6.07, 6.45) is -8.62. The molecular weight excluding hydrogens is 355 g/mol. The Labute approximate surface area is 143 Å². The maximum absolute atomic E-state index is 10.2. The second kappa shape index (κ2) is 7.65. The molecule has 8 nitrogen and oxygen atoms in total. The van der Waals surface area contributed by atoms with Crippen molar-refractivity contribution in [3.63, 3.8) is 0 Å². The van der Waals surface area contributed by atoms with Gasteiger partial charge in [-0.1, -0.05) is 6.92 Å². The standard InChI is InChI=1S/C13H22Cl2O8/c1-5-7(3-16)21-12(10(19)8(5)17)23-13(4-15)11(20)9(18)6(2-14)22-13/h5-12,16-20H,2-4H2,1H3/t5-,6+,7?,8?,9-,10-,11?,12-,13-/m0/s1. The molecule has 23 heavy (non-hydrogen) atoms. The Morgan fingerprint density at radius 3 is 2.17 bits per heavy atom. The van der Waals surface area contributed by atoms with Crippen LogP contribution in [-0.2, 0) is 14.2 Å². The smallest absolute Gasteiger partial charge is 0.214 e. The van der Waals surface area contributed by atoms with Crippen LogP contribution >= 0.6 is 23.2 Å². The van der Waals surface area contributed by atoms with Crippen molar-refractivity contribution in [3.8, 4) is 0 Å². The third-order valence-electron chi connectivity index (χ3n) is 4.40. The minimum atomic E-state index is -1.85. The predicted molar refractivity (Wildman–Crippen MR) is 79.1 cm³/mol. The number of hydrogen-bond acceptors (Lipinski definition) is 8. The molecule has 0 aromatic heterocycles. The van der Waals surface area contributed by atoms with Crippen LogP contribution in [0.25, 0.3) is 0 Å². The van der Waals surface area contributed by atoms with Crippen LogP contribution in [-0.4, -0.2) is 92.6 Å². The first-order chi connectivity index (χ1) is 10.8. The summed E-state index contributed by atoms with van der Waals surface area (Å²) in [7, 11) is 0. The molecule has 2 fully saturated rings. The summed E-state index contributed by atoms with van der Waals surface area (Å²) in [6.45, 7) is 1.21. The van der Waals surface area contributed by atoms with Crippen molar-refractivity contribution < 1.29 is 39.7 Å². The van der Waals surface area contributed by atoms with E-state index in [1.165, 1.54) is 0 Å². The van der Waals surface area contributed by atoms with Crippen molar-refractivity contribution in [2.45, 2.75) is 55.6 Å². The van der Waals surface area contributed by atoms with E-state index in [9.17, 15) is 25.5 Å². The van der Waals surface area contributed by atoms with E-state index in [0.717, 1.165) is 0 Å². The van der Waals surface area contributed by atoms with Crippen molar-refractivity contribution in [3.05, 3.63) is 0 Å². The van der Waals surface area contributed by atoms with Crippen molar-refractivity contribution >= 4 is 23.2 Å². The van der Waals surface area contributed by atoms with Crippen LogP contribution in [0.4, 0.5) is 0 Å². The van der Waals surface area contributed by atoms with Gasteiger partial charge in [-0.05, 0) is 0 Å². The molecule has 0 aromatic carbocycles. The molecule has 136 valence electrons. The predicted octanol–water partition coefficient (Wildman–Crippen LogP) is -1.63. The maximum atomic E-state index is 10.2. The Hall–Kier alpha value is 0.260. The highest BCUT2D eigenvalue weighted by molar-refractivity contribution is 6.19. The van der Waals surface area contributed by atoms with Gasteiger partial charge in [0.1, 0.15) is 24.4 Å². The number of ether oxygens (including phenoxy) is 3. The summed E-state index contributed by atoms with van der Waals surface area (Å²) >= 11 is 11.5. The highest BCUT2D eigenvalue weighted by Gasteiger charge is 2.57. The zero-order valence-electron chi connectivity index (χ0n) is 12.5. The Morgan fingerprint density at radius 1 is 1.04 bits per heavy atom. The van der Waals surface area contributed by atoms with Crippen LogP contribution in [0.1, 0.15) is 6.92 Å². The molecule has 2 aliphatic rings. The van der Waals surface area contributed by atoms with Gasteiger partial charge in [0, 0.05) is 5.92 Å². The lowest BCUT2D eigenvalue weighted by Gasteiger charge is -2.44. The molecule has 5 N–H and O–H groups in total. The van der Waals surface area contributed by atoms with Gasteiger partial charge in [0.05, 0.1) is 30.6 Å². The number of halogens is 2. The van der Waals surface area contributed by atoms with E-state index in [0.29, 0.717) is 0 Å². The molecule has 2 saturated heterocycles. The summed E-state index contributed by atoms with van der Waals surface area (Å²) in [6, 6.07) is 0. The Bertz CT molecular complexity index is 400. The highest BCUT2D eigenvalue weighted by Crippen LogP contribution is 2.38. The summed E-state index contributed by atoms with van der Waals surface area (Å²) in [4.78, 5) is 0. The minimum Gasteiger partial charge on any atom is -0.394 e. The van der Waals surface area contributed by atoms with Gasteiger partial charge < -0.3 is 39.7 Å². The molecule has 0 radical (unpaired) electrons. The van der Waals surface area contributed by atoms with Crippen LogP contribution in [0, 0.1) is 5.92 Å². The van der Waals surface area contributed by atoms with Gasteiger partial charge in [0.2, 0.25) is 5.79 Å². The van der Waals surface area contributed by atoms with E-state index in [1.54, 1.807) is 6.92 Å². The van der Waals surface area contributed by atoms with E-state index in [4.69, 9.17) is 37.4 Å². The molecule has 3 unspecified atom stereocenters. The second-order valence-electron chi connectivity index (χ2n) is 5.88. The lowest BCUT2D eigenvalue weighted by atomic mass is 9.91. The molecule has 0 bridgehead atoms. The van der Waals surface area contributed by atoms with E-state index in [1.807, 2.05) is 0 Å². The molecular formula is C13H22Cl2O8. The largest absolute Gasteiger partial charge is 0.394 e. The van der Waals surface area contributed by atoms with Crippen LogP contribution < -0.4 is 0 Å². The molecule has 2 heterocycles. The van der Waals surface area contributed by atoms with Crippen LogP contribution in [0.2, 0.25) is 0 Å². The van der Waals surface area contributed by atoms with E-state index >= 15 is 0 Å². The second-order valence-corrected chi connectivity index (χ2v) is 6.45. The molecule has 2 rings (SSSR count). The third-order valence-corrected chi connectivity index (χ3v) is 5.08. The van der Waals surface area contributed by atoms with Gasteiger partial charge in [-0.15, -0.1) is 23.2 Å². The number of aliphatic hydroxyl groups is 5. The lowest BCUT2D eigenvalue weighted by Crippen LogP contribution is -2.60. The fourth-order valence-corrected chi connectivity index (χ4v) is 3.32. The summed E-state index contributed by atoms with van der Waals surface area (Å²) in [5.41, 5.74) is 0. The lowest BCUT2D eigenvalue weighted by molar-refractivity contribution is -0.366. The van der Waals surface area contributed by atoms with E-state index in [2.05, 4.69) is 0 Å². The number of hydrogen-bond donors (Lipinski definition) is 5. The monoisotopic (exact) mass is 376 g/mol. The Kier molecular flexibility index (Phi) is 6.52. The maximum Gasteiger partial charge on any atom is 0.214 e. The molecule has 0 aliphatic carbocycles. The first kappa shape index (κ1) is 19.6. The summed E-state index contributed by atoms with van der Waals surface area (Å²) in [5, 5.41) is 49.6. The molecule has 0 spiro atoms. The zero-order valence-corrected chi connectivity index (χ0v) is 14.0. The van der Waals surface area contributed by atoms with Gasteiger partial charge in [-0.2, -0.15) is 0 Å². The van der Waals surface area contributed by atoms with Crippen LogP contribution in [0.5, 0.6) is 0 Å². The fraction of sp³-hybridized carbons (Fsp3) is 1.00. The van der Waals surface area contributed by atoms with Gasteiger partial charge in [-0.3, -0.25) is 0 Å². The number of alkyl halides is 2. The SMILES string of the molecule is C[C@H]1C(CO)O[C@@H](O[C@]2(CCl)O[C@H](CCl)[C@H](O)C2O)[C@@H](O)C1O. The Morgan fingerprint density at radius 2 is 1.70 bits per heavy atom. The van der Waals surface area contributed by atoms with Crippen molar-refractivity contribution in [1.29, 1.82) is 0 Å². The first-order valence-corrected chi connectivity index (χ1v) is 8.34. The van der Waals surface area contributed by atoms with Crippen molar-refractivity contribution in [2.24, 2.45) is 5.92 Å².